The molecule has 1 rings (SSSR count). The number of benzene rings is 1. The Morgan fingerprint density at radius 3 is 2.42 bits per heavy atom. The van der Waals surface area contributed by atoms with Gasteiger partial charge in [-0.05, 0) is 33.6 Å². The Labute approximate surface area is 116 Å². The molecular weight excluding hydrogens is 238 g/mol. The molecule has 0 fully saturated rings. The van der Waals surface area contributed by atoms with Crippen LogP contribution in [-0.4, -0.2) is 45.0 Å². The van der Waals surface area contributed by atoms with Gasteiger partial charge in [-0.15, -0.1) is 0 Å². The largest absolute Gasteiger partial charge is 0.354 e. The Hall–Kier alpha value is -1.39. The molecule has 0 aliphatic rings. The van der Waals surface area contributed by atoms with Gasteiger partial charge in [0.05, 0.1) is 6.04 Å². The van der Waals surface area contributed by atoms with Crippen molar-refractivity contribution < 1.29 is 4.79 Å². The van der Waals surface area contributed by atoms with Crippen molar-refractivity contribution in [2.24, 2.45) is 0 Å². The zero-order valence-corrected chi connectivity index (χ0v) is 12.4. The number of carbonyl (C=O) groups is 1. The fraction of sp³-hybridized carbons (Fsp3) is 0.533. The molecule has 1 unspecified atom stereocenters. The number of rotatable bonds is 7. The van der Waals surface area contributed by atoms with E-state index in [-0.39, 0.29) is 11.9 Å². The first-order chi connectivity index (χ1) is 9.04. The highest BCUT2D eigenvalue weighted by Crippen LogP contribution is 2.17. The average Bonchev–Trinajstić information content (AvgIpc) is 2.38. The molecule has 1 aromatic carbocycles. The summed E-state index contributed by atoms with van der Waals surface area (Å²) in [5.74, 6) is 0.0910. The van der Waals surface area contributed by atoms with Crippen LogP contribution in [-0.2, 0) is 4.79 Å². The van der Waals surface area contributed by atoms with Crippen molar-refractivity contribution in [1.82, 2.24) is 15.5 Å². The molecule has 1 aromatic rings. The van der Waals surface area contributed by atoms with E-state index < -0.39 is 0 Å². The van der Waals surface area contributed by atoms with Crippen LogP contribution in [0.5, 0.6) is 0 Å². The lowest BCUT2D eigenvalue weighted by molar-refractivity contribution is -0.121. The molecule has 0 aliphatic heterocycles. The highest BCUT2D eigenvalue weighted by Gasteiger charge is 2.14. The highest BCUT2D eigenvalue weighted by atomic mass is 16.1. The van der Waals surface area contributed by atoms with Crippen molar-refractivity contribution in [3.05, 3.63) is 35.4 Å². The van der Waals surface area contributed by atoms with Crippen LogP contribution < -0.4 is 10.6 Å². The summed E-state index contributed by atoms with van der Waals surface area (Å²) in [6, 6.07) is 8.67. The SMILES string of the molecule is CNCCC(=O)NCC(c1ccc(C)cc1)N(C)C. The fourth-order valence-corrected chi connectivity index (χ4v) is 1.92. The van der Waals surface area contributed by atoms with E-state index in [1.165, 1.54) is 11.1 Å². The molecule has 19 heavy (non-hydrogen) atoms. The first kappa shape index (κ1) is 15.7. The highest BCUT2D eigenvalue weighted by molar-refractivity contribution is 5.76. The maximum Gasteiger partial charge on any atom is 0.221 e. The first-order valence-electron chi connectivity index (χ1n) is 6.69. The molecule has 4 nitrogen and oxygen atoms in total. The van der Waals surface area contributed by atoms with Gasteiger partial charge in [0.2, 0.25) is 5.91 Å². The van der Waals surface area contributed by atoms with E-state index >= 15 is 0 Å². The van der Waals surface area contributed by atoms with Crippen LogP contribution in [0, 0.1) is 6.92 Å². The van der Waals surface area contributed by atoms with Gasteiger partial charge in [0.15, 0.2) is 0 Å². The molecule has 0 radical (unpaired) electrons. The fourth-order valence-electron chi connectivity index (χ4n) is 1.92. The molecule has 0 heterocycles. The molecule has 0 saturated carbocycles. The second-order valence-electron chi connectivity index (χ2n) is 5.05. The van der Waals surface area contributed by atoms with Gasteiger partial charge >= 0.3 is 0 Å². The summed E-state index contributed by atoms with van der Waals surface area (Å²) in [7, 11) is 5.91. The number of amides is 1. The van der Waals surface area contributed by atoms with E-state index in [0.29, 0.717) is 19.5 Å². The van der Waals surface area contributed by atoms with Crippen LogP contribution in [0.2, 0.25) is 0 Å². The van der Waals surface area contributed by atoms with Crippen LogP contribution in [0.4, 0.5) is 0 Å². The molecule has 0 bridgehead atoms. The number of aryl methyl sites for hydroxylation is 1. The predicted molar refractivity (Wildman–Crippen MR) is 79.2 cm³/mol. The van der Waals surface area contributed by atoms with Gasteiger partial charge in [-0.1, -0.05) is 29.8 Å². The number of nitrogens with one attached hydrogen (secondary N) is 2. The third-order valence-electron chi connectivity index (χ3n) is 3.18. The predicted octanol–water partition coefficient (Wildman–Crippen LogP) is 1.32. The van der Waals surface area contributed by atoms with Crippen LogP contribution in [0.15, 0.2) is 24.3 Å². The number of nitrogens with zero attached hydrogens (tertiary/aromatic N) is 1. The molecule has 0 saturated heterocycles. The zero-order chi connectivity index (χ0) is 14.3. The Morgan fingerprint density at radius 1 is 1.26 bits per heavy atom. The van der Waals surface area contributed by atoms with Crippen molar-refractivity contribution >= 4 is 5.91 Å². The minimum atomic E-state index is 0.0910. The number of carbonyl (C=O) groups excluding carboxylic acids is 1. The van der Waals surface area contributed by atoms with E-state index in [4.69, 9.17) is 0 Å². The van der Waals surface area contributed by atoms with Gasteiger partial charge in [0, 0.05) is 19.5 Å². The Balaban J connectivity index is 2.58. The van der Waals surface area contributed by atoms with Crippen molar-refractivity contribution in [3.63, 3.8) is 0 Å². The van der Waals surface area contributed by atoms with Crippen LogP contribution in [0.25, 0.3) is 0 Å². The quantitative estimate of drug-likeness (QED) is 0.780. The molecule has 0 spiro atoms. The van der Waals surface area contributed by atoms with Gasteiger partial charge in [0.1, 0.15) is 0 Å². The van der Waals surface area contributed by atoms with E-state index in [9.17, 15) is 4.79 Å². The van der Waals surface area contributed by atoms with Crippen molar-refractivity contribution in [2.75, 3.05) is 34.2 Å². The van der Waals surface area contributed by atoms with E-state index in [1.807, 2.05) is 21.1 Å². The van der Waals surface area contributed by atoms with Gasteiger partial charge in [0.25, 0.3) is 0 Å². The monoisotopic (exact) mass is 263 g/mol. The lowest BCUT2D eigenvalue weighted by atomic mass is 10.0. The van der Waals surface area contributed by atoms with Crippen LogP contribution in [0.3, 0.4) is 0 Å². The van der Waals surface area contributed by atoms with E-state index in [2.05, 4.69) is 46.7 Å². The average molecular weight is 263 g/mol. The lowest BCUT2D eigenvalue weighted by Crippen LogP contribution is -2.35. The topological polar surface area (TPSA) is 44.4 Å². The smallest absolute Gasteiger partial charge is 0.221 e. The van der Waals surface area contributed by atoms with E-state index in [1.54, 1.807) is 0 Å². The Morgan fingerprint density at radius 2 is 1.89 bits per heavy atom. The summed E-state index contributed by atoms with van der Waals surface area (Å²) in [5.41, 5.74) is 2.48. The molecule has 1 amide bonds. The molecule has 2 N–H and O–H groups in total. The summed E-state index contributed by atoms with van der Waals surface area (Å²) in [5, 5.41) is 5.97. The Kier molecular flexibility index (Phi) is 6.53. The summed E-state index contributed by atoms with van der Waals surface area (Å²) in [6.07, 6.45) is 0.518. The maximum atomic E-state index is 11.6. The molecular formula is C15H25N3O. The molecule has 106 valence electrons. The molecule has 1 atom stereocenters. The summed E-state index contributed by atoms with van der Waals surface area (Å²) in [6.45, 7) is 3.43. The van der Waals surface area contributed by atoms with Crippen LogP contribution >= 0.6 is 0 Å². The summed E-state index contributed by atoms with van der Waals surface area (Å²) < 4.78 is 0. The minimum Gasteiger partial charge on any atom is -0.354 e. The second-order valence-corrected chi connectivity index (χ2v) is 5.05. The van der Waals surface area contributed by atoms with Gasteiger partial charge in [-0.2, -0.15) is 0 Å². The van der Waals surface area contributed by atoms with Gasteiger partial charge < -0.3 is 15.5 Å². The standard InChI is InChI=1S/C15H25N3O/c1-12-5-7-13(8-6-12)14(18(3)4)11-17-15(19)9-10-16-2/h5-8,14,16H,9-11H2,1-4H3,(H,17,19). The summed E-state index contributed by atoms with van der Waals surface area (Å²) in [4.78, 5) is 13.8. The number of hydrogen-bond acceptors (Lipinski definition) is 3. The van der Waals surface area contributed by atoms with Crippen molar-refractivity contribution in [1.29, 1.82) is 0 Å². The maximum absolute atomic E-state index is 11.6. The third-order valence-corrected chi connectivity index (χ3v) is 3.18. The molecule has 4 heteroatoms. The molecule has 0 aliphatic carbocycles. The summed E-state index contributed by atoms with van der Waals surface area (Å²) >= 11 is 0. The zero-order valence-electron chi connectivity index (χ0n) is 12.4. The van der Waals surface area contributed by atoms with Crippen molar-refractivity contribution in [3.8, 4) is 0 Å². The second kappa shape index (κ2) is 7.92. The minimum absolute atomic E-state index is 0.0910. The third kappa shape index (κ3) is 5.41. The Bertz CT molecular complexity index is 387. The molecule has 0 aromatic heterocycles. The van der Waals surface area contributed by atoms with Gasteiger partial charge in [-0.25, -0.2) is 0 Å². The normalized spacial score (nSPS) is 12.5. The number of likely N-dealkylation sites (N-methyl/N-ethyl adjacent to an activating group) is 1. The first-order valence-corrected chi connectivity index (χ1v) is 6.69. The van der Waals surface area contributed by atoms with Gasteiger partial charge in [-0.3, -0.25) is 4.79 Å². The van der Waals surface area contributed by atoms with E-state index in [0.717, 1.165) is 0 Å². The van der Waals surface area contributed by atoms with Crippen LogP contribution in [0.1, 0.15) is 23.6 Å². The van der Waals surface area contributed by atoms with Crippen molar-refractivity contribution in [2.45, 2.75) is 19.4 Å². The lowest BCUT2D eigenvalue weighted by Gasteiger charge is -2.25. The number of hydrogen-bond donors (Lipinski definition) is 2.